The molecule has 0 unspecified atom stereocenters. The maximum atomic E-state index is 11.6. The van der Waals surface area contributed by atoms with E-state index in [1.165, 1.54) is 0 Å². The third-order valence-corrected chi connectivity index (χ3v) is 3.79. The Morgan fingerprint density at radius 1 is 1.47 bits per heavy atom. The van der Waals surface area contributed by atoms with Gasteiger partial charge in [0.2, 0.25) is 5.91 Å². The normalized spacial score (nSPS) is 12.2. The molecule has 1 rings (SSSR count). The van der Waals surface area contributed by atoms with Gasteiger partial charge in [-0.2, -0.15) is 0 Å². The van der Waals surface area contributed by atoms with Crippen molar-refractivity contribution in [3.05, 3.63) is 34.9 Å². The molecule has 0 heterocycles. The highest BCUT2D eigenvalue weighted by atomic mass is 35.5. The van der Waals surface area contributed by atoms with Gasteiger partial charge in [-0.15, -0.1) is 11.8 Å². The van der Waals surface area contributed by atoms with Crippen molar-refractivity contribution in [3.8, 4) is 0 Å². The molecule has 2 N–H and O–H groups in total. The third-order valence-electron chi connectivity index (χ3n) is 2.55. The van der Waals surface area contributed by atoms with E-state index in [9.17, 15) is 4.79 Å². The van der Waals surface area contributed by atoms with Crippen LogP contribution in [-0.4, -0.2) is 30.8 Å². The highest BCUT2D eigenvalue weighted by Crippen LogP contribution is 2.16. The largest absolute Gasteiger partial charge is 0.354 e. The molecule has 3 nitrogen and oxygen atoms in total. The molecule has 0 spiro atoms. The number of likely N-dealkylation sites (N-methyl/N-ethyl adjacent to an activating group) is 1. The van der Waals surface area contributed by atoms with Crippen molar-refractivity contribution in [3.63, 3.8) is 0 Å². The van der Waals surface area contributed by atoms with Crippen molar-refractivity contribution >= 4 is 29.3 Å². The standard InChI is InChI=1S/C14H21ClN2OS/c1-3-16-11(2)8-17-14(18)10-19-9-12-5-4-6-13(15)7-12/h4-7,11,16H,3,8-10H2,1-2H3,(H,17,18)/t11-/m1/s1. The zero-order valence-electron chi connectivity index (χ0n) is 11.4. The summed E-state index contributed by atoms with van der Waals surface area (Å²) in [5, 5.41) is 6.91. The number of carbonyl (C=O) groups is 1. The number of halogens is 1. The predicted molar refractivity (Wildman–Crippen MR) is 83.8 cm³/mol. The molecular formula is C14H21ClN2OS. The summed E-state index contributed by atoms with van der Waals surface area (Å²) in [6.45, 7) is 5.70. The molecule has 0 saturated heterocycles. The molecule has 0 aliphatic rings. The van der Waals surface area contributed by atoms with Crippen molar-refractivity contribution in [2.45, 2.75) is 25.6 Å². The van der Waals surface area contributed by atoms with Crippen molar-refractivity contribution < 1.29 is 4.79 Å². The van der Waals surface area contributed by atoms with E-state index >= 15 is 0 Å². The molecule has 0 aromatic heterocycles. The van der Waals surface area contributed by atoms with Gasteiger partial charge in [0.05, 0.1) is 5.75 Å². The van der Waals surface area contributed by atoms with Crippen LogP contribution in [0.3, 0.4) is 0 Å². The fourth-order valence-corrected chi connectivity index (χ4v) is 2.64. The first-order valence-electron chi connectivity index (χ1n) is 6.44. The maximum absolute atomic E-state index is 11.6. The fourth-order valence-electron chi connectivity index (χ4n) is 1.63. The summed E-state index contributed by atoms with van der Waals surface area (Å²) in [5.41, 5.74) is 1.14. The number of amides is 1. The first kappa shape index (κ1) is 16.3. The average molecular weight is 301 g/mol. The van der Waals surface area contributed by atoms with Gasteiger partial charge in [-0.1, -0.05) is 30.7 Å². The van der Waals surface area contributed by atoms with Crippen molar-refractivity contribution in [1.29, 1.82) is 0 Å². The van der Waals surface area contributed by atoms with Crippen LogP contribution in [0.2, 0.25) is 5.02 Å². The monoisotopic (exact) mass is 300 g/mol. The zero-order valence-corrected chi connectivity index (χ0v) is 13.0. The lowest BCUT2D eigenvalue weighted by Crippen LogP contribution is -2.39. The van der Waals surface area contributed by atoms with E-state index < -0.39 is 0 Å². The molecule has 1 atom stereocenters. The molecular weight excluding hydrogens is 280 g/mol. The number of hydrogen-bond donors (Lipinski definition) is 2. The van der Waals surface area contributed by atoms with Gasteiger partial charge in [-0.25, -0.2) is 0 Å². The molecule has 19 heavy (non-hydrogen) atoms. The lowest BCUT2D eigenvalue weighted by Gasteiger charge is -2.13. The van der Waals surface area contributed by atoms with Crippen LogP contribution in [0.15, 0.2) is 24.3 Å². The van der Waals surface area contributed by atoms with E-state index in [2.05, 4.69) is 24.5 Å². The molecule has 1 amide bonds. The van der Waals surface area contributed by atoms with Crippen molar-refractivity contribution in [2.75, 3.05) is 18.8 Å². The van der Waals surface area contributed by atoms with Crippen molar-refractivity contribution in [2.24, 2.45) is 0 Å². The minimum Gasteiger partial charge on any atom is -0.354 e. The molecule has 1 aromatic rings. The molecule has 0 radical (unpaired) electrons. The van der Waals surface area contributed by atoms with E-state index in [-0.39, 0.29) is 5.91 Å². The molecule has 0 aliphatic heterocycles. The van der Waals surface area contributed by atoms with Gasteiger partial charge in [0, 0.05) is 23.4 Å². The number of nitrogens with one attached hydrogen (secondary N) is 2. The van der Waals surface area contributed by atoms with Crippen LogP contribution in [0.4, 0.5) is 0 Å². The lowest BCUT2D eigenvalue weighted by molar-refractivity contribution is -0.118. The molecule has 5 heteroatoms. The second kappa shape index (κ2) is 9.23. The van der Waals surface area contributed by atoms with Gasteiger partial charge >= 0.3 is 0 Å². The van der Waals surface area contributed by atoms with E-state index in [1.54, 1.807) is 11.8 Å². The second-order valence-electron chi connectivity index (χ2n) is 4.39. The van der Waals surface area contributed by atoms with Crippen LogP contribution in [0.5, 0.6) is 0 Å². The molecule has 0 aliphatic carbocycles. The Morgan fingerprint density at radius 3 is 2.95 bits per heavy atom. The van der Waals surface area contributed by atoms with Crippen LogP contribution in [0.1, 0.15) is 19.4 Å². The Hall–Kier alpha value is -0.710. The van der Waals surface area contributed by atoms with Gasteiger partial charge in [0.25, 0.3) is 0 Å². The Balaban J connectivity index is 2.17. The zero-order chi connectivity index (χ0) is 14.1. The molecule has 1 aromatic carbocycles. The maximum Gasteiger partial charge on any atom is 0.230 e. The summed E-state index contributed by atoms with van der Waals surface area (Å²) in [7, 11) is 0. The highest BCUT2D eigenvalue weighted by molar-refractivity contribution is 7.99. The second-order valence-corrected chi connectivity index (χ2v) is 5.81. The van der Waals surface area contributed by atoms with E-state index in [4.69, 9.17) is 11.6 Å². The Bertz CT molecular complexity index is 401. The van der Waals surface area contributed by atoms with Gasteiger partial charge in [0.15, 0.2) is 0 Å². The quantitative estimate of drug-likeness (QED) is 0.775. The summed E-state index contributed by atoms with van der Waals surface area (Å²) in [6.07, 6.45) is 0. The molecule has 0 saturated carbocycles. The fraction of sp³-hybridized carbons (Fsp3) is 0.500. The Kier molecular flexibility index (Phi) is 7.94. The molecule has 0 fully saturated rings. The SMILES string of the molecule is CCN[C@H](C)CNC(=O)CSCc1cccc(Cl)c1. The number of benzene rings is 1. The highest BCUT2D eigenvalue weighted by Gasteiger charge is 2.04. The number of hydrogen-bond acceptors (Lipinski definition) is 3. The number of carbonyl (C=O) groups excluding carboxylic acids is 1. The number of thioether (sulfide) groups is 1. The summed E-state index contributed by atoms with van der Waals surface area (Å²) in [4.78, 5) is 11.6. The topological polar surface area (TPSA) is 41.1 Å². The minimum absolute atomic E-state index is 0.0804. The Labute approximate surface area is 124 Å². The van der Waals surface area contributed by atoms with E-state index in [1.807, 2.05) is 24.3 Å². The smallest absolute Gasteiger partial charge is 0.230 e. The van der Waals surface area contributed by atoms with Gasteiger partial charge in [0.1, 0.15) is 0 Å². The van der Waals surface area contributed by atoms with Gasteiger partial charge in [-0.3, -0.25) is 4.79 Å². The van der Waals surface area contributed by atoms with Crippen LogP contribution in [-0.2, 0) is 10.5 Å². The molecule has 0 bridgehead atoms. The van der Waals surface area contributed by atoms with Crippen LogP contribution < -0.4 is 10.6 Å². The van der Waals surface area contributed by atoms with Crippen LogP contribution in [0, 0.1) is 0 Å². The van der Waals surface area contributed by atoms with E-state index in [0.29, 0.717) is 18.3 Å². The minimum atomic E-state index is 0.0804. The Morgan fingerprint density at radius 2 is 2.26 bits per heavy atom. The molecule has 106 valence electrons. The summed E-state index contributed by atoms with van der Waals surface area (Å²) < 4.78 is 0. The summed E-state index contributed by atoms with van der Waals surface area (Å²) in [5.74, 6) is 1.36. The summed E-state index contributed by atoms with van der Waals surface area (Å²) in [6, 6.07) is 8.04. The third kappa shape index (κ3) is 7.45. The van der Waals surface area contributed by atoms with Gasteiger partial charge in [-0.05, 0) is 31.2 Å². The summed E-state index contributed by atoms with van der Waals surface area (Å²) >= 11 is 7.50. The van der Waals surface area contributed by atoms with Gasteiger partial charge < -0.3 is 10.6 Å². The first-order valence-corrected chi connectivity index (χ1v) is 7.97. The number of rotatable bonds is 8. The van der Waals surface area contributed by atoms with E-state index in [0.717, 1.165) is 22.9 Å². The average Bonchev–Trinajstić information content (AvgIpc) is 2.37. The first-order chi connectivity index (χ1) is 9.11. The van der Waals surface area contributed by atoms with Crippen LogP contribution in [0.25, 0.3) is 0 Å². The van der Waals surface area contributed by atoms with Crippen LogP contribution >= 0.6 is 23.4 Å². The predicted octanol–water partition coefficient (Wildman–Crippen LogP) is 2.69. The lowest BCUT2D eigenvalue weighted by atomic mass is 10.2. The van der Waals surface area contributed by atoms with Crippen molar-refractivity contribution in [1.82, 2.24) is 10.6 Å².